The summed E-state index contributed by atoms with van der Waals surface area (Å²) in [6.07, 6.45) is 0. The van der Waals surface area contributed by atoms with Crippen molar-refractivity contribution in [3.05, 3.63) is 0 Å². The molecule has 3 nitrogen and oxygen atoms in total. The molecule has 0 bridgehead atoms. The van der Waals surface area contributed by atoms with Crippen LogP contribution in [-0.4, -0.2) is 16.9 Å². The molecule has 0 atom stereocenters. The van der Waals surface area contributed by atoms with E-state index in [1.807, 2.05) is 0 Å². The van der Waals surface area contributed by atoms with Gasteiger partial charge in [0.15, 0.2) is 0 Å². The molecule has 0 radical (unpaired) electrons. The predicted octanol–water partition coefficient (Wildman–Crippen LogP) is 1.36. The molecule has 0 aliphatic carbocycles. The third-order valence-electron chi connectivity index (χ3n) is 1.30. The van der Waals surface area contributed by atoms with Gasteiger partial charge >= 0.3 is 0 Å². The lowest BCUT2D eigenvalue weighted by atomic mass is 9.95. The molecule has 1 aliphatic heterocycles. The second kappa shape index (κ2) is 2.31. The van der Waals surface area contributed by atoms with Crippen molar-refractivity contribution in [1.82, 2.24) is 9.84 Å². The first-order valence-corrected chi connectivity index (χ1v) is 3.60. The standard InChI is InChI=1S/C6H12ClN3/c1-6(2,3)5-9-8-4-10(5)7/h8H,4H2,1-3H3. The molecule has 58 valence electrons. The van der Waals surface area contributed by atoms with Crippen LogP contribution in [-0.2, 0) is 0 Å². The van der Waals surface area contributed by atoms with Gasteiger partial charge in [0.05, 0.1) is 0 Å². The fourth-order valence-electron chi connectivity index (χ4n) is 0.833. The van der Waals surface area contributed by atoms with E-state index in [-0.39, 0.29) is 5.41 Å². The lowest BCUT2D eigenvalue weighted by molar-refractivity contribution is 0.524. The average Bonchev–Trinajstić information content (AvgIpc) is 2.11. The molecule has 0 saturated heterocycles. The van der Waals surface area contributed by atoms with Crippen LogP contribution in [0.3, 0.4) is 0 Å². The predicted molar refractivity (Wildman–Crippen MR) is 42.6 cm³/mol. The summed E-state index contributed by atoms with van der Waals surface area (Å²) in [5.41, 5.74) is 2.84. The summed E-state index contributed by atoms with van der Waals surface area (Å²) >= 11 is 5.80. The Labute approximate surface area is 66.1 Å². The minimum atomic E-state index is 0.0330. The fraction of sp³-hybridized carbons (Fsp3) is 0.833. The van der Waals surface area contributed by atoms with Gasteiger partial charge in [0.2, 0.25) is 0 Å². The van der Waals surface area contributed by atoms with E-state index in [9.17, 15) is 0 Å². The van der Waals surface area contributed by atoms with Crippen LogP contribution < -0.4 is 5.43 Å². The summed E-state index contributed by atoms with van der Waals surface area (Å²) < 4.78 is 1.60. The second-order valence-corrected chi connectivity index (χ2v) is 3.77. The van der Waals surface area contributed by atoms with Crippen molar-refractivity contribution in [3.63, 3.8) is 0 Å². The lowest BCUT2D eigenvalue weighted by Crippen LogP contribution is -2.30. The van der Waals surface area contributed by atoms with E-state index in [4.69, 9.17) is 11.8 Å². The molecule has 1 N–H and O–H groups in total. The van der Waals surface area contributed by atoms with E-state index < -0.39 is 0 Å². The average molecular weight is 162 g/mol. The number of nitrogens with zero attached hydrogens (tertiary/aromatic N) is 2. The van der Waals surface area contributed by atoms with E-state index in [1.54, 1.807) is 4.42 Å². The van der Waals surface area contributed by atoms with Crippen LogP contribution in [0.15, 0.2) is 5.10 Å². The van der Waals surface area contributed by atoms with Crippen molar-refractivity contribution in [2.75, 3.05) is 6.67 Å². The number of rotatable bonds is 0. The molecule has 0 unspecified atom stereocenters. The molecule has 0 fully saturated rings. The molecule has 0 spiro atoms. The molecule has 4 heteroatoms. The number of hydrogen-bond donors (Lipinski definition) is 1. The van der Waals surface area contributed by atoms with Gasteiger partial charge in [0, 0.05) is 17.2 Å². The van der Waals surface area contributed by atoms with Crippen molar-refractivity contribution in [2.24, 2.45) is 10.5 Å². The van der Waals surface area contributed by atoms with Crippen LogP contribution in [0.2, 0.25) is 0 Å². The van der Waals surface area contributed by atoms with Crippen molar-refractivity contribution in [3.8, 4) is 0 Å². The first-order valence-electron chi connectivity index (χ1n) is 3.26. The van der Waals surface area contributed by atoms with Crippen LogP contribution in [0.5, 0.6) is 0 Å². The van der Waals surface area contributed by atoms with Gasteiger partial charge in [-0.05, 0) is 0 Å². The van der Waals surface area contributed by atoms with Gasteiger partial charge < -0.3 is 0 Å². The Hall–Kier alpha value is -0.440. The number of hydrogen-bond acceptors (Lipinski definition) is 3. The summed E-state index contributed by atoms with van der Waals surface area (Å²) in [7, 11) is 0. The van der Waals surface area contributed by atoms with Crippen molar-refractivity contribution in [1.29, 1.82) is 0 Å². The molecule has 1 rings (SSSR count). The topological polar surface area (TPSA) is 27.6 Å². The third kappa shape index (κ3) is 1.34. The Balaban J connectivity index is 2.72. The van der Waals surface area contributed by atoms with Crippen LogP contribution in [0.1, 0.15) is 20.8 Å². The molecular weight excluding hydrogens is 150 g/mol. The maximum absolute atomic E-state index is 5.80. The van der Waals surface area contributed by atoms with Gasteiger partial charge in [-0.3, -0.25) is 5.43 Å². The van der Waals surface area contributed by atoms with Crippen LogP contribution >= 0.6 is 11.8 Å². The number of halogens is 1. The summed E-state index contributed by atoms with van der Waals surface area (Å²) in [6, 6.07) is 0. The second-order valence-electron chi connectivity index (χ2n) is 3.36. The van der Waals surface area contributed by atoms with E-state index in [2.05, 4.69) is 31.3 Å². The van der Waals surface area contributed by atoms with Crippen LogP contribution in [0.25, 0.3) is 0 Å². The highest BCUT2D eigenvalue weighted by Crippen LogP contribution is 2.21. The molecule has 0 aromatic rings. The van der Waals surface area contributed by atoms with Crippen molar-refractivity contribution >= 4 is 17.6 Å². The molecule has 0 saturated carbocycles. The highest BCUT2D eigenvalue weighted by molar-refractivity contribution is 6.23. The highest BCUT2D eigenvalue weighted by atomic mass is 35.5. The molecule has 10 heavy (non-hydrogen) atoms. The largest absolute Gasteiger partial charge is 0.287 e. The van der Waals surface area contributed by atoms with Crippen LogP contribution in [0.4, 0.5) is 0 Å². The molecular formula is C6H12ClN3. The first-order chi connectivity index (χ1) is 4.52. The number of amidine groups is 1. The molecule has 0 amide bonds. The Bertz CT molecular complexity index is 159. The van der Waals surface area contributed by atoms with Gasteiger partial charge in [-0.25, -0.2) is 4.42 Å². The highest BCUT2D eigenvalue weighted by Gasteiger charge is 2.27. The summed E-state index contributed by atoms with van der Waals surface area (Å²) in [4.78, 5) is 0. The number of hydrazone groups is 1. The first kappa shape index (κ1) is 7.66. The SMILES string of the molecule is CC(C)(C)C1=NNCN1Cl. The van der Waals surface area contributed by atoms with E-state index in [1.165, 1.54) is 0 Å². The molecule has 1 heterocycles. The minimum Gasteiger partial charge on any atom is -0.287 e. The normalized spacial score (nSPS) is 18.8. The Morgan fingerprint density at radius 1 is 1.60 bits per heavy atom. The molecule has 0 aromatic heterocycles. The Morgan fingerprint density at radius 2 is 2.20 bits per heavy atom. The van der Waals surface area contributed by atoms with Crippen molar-refractivity contribution in [2.45, 2.75) is 20.8 Å². The van der Waals surface area contributed by atoms with Crippen LogP contribution in [0, 0.1) is 5.41 Å². The van der Waals surface area contributed by atoms with E-state index in [0.29, 0.717) is 6.67 Å². The maximum atomic E-state index is 5.80. The zero-order chi connectivity index (χ0) is 7.78. The molecule has 0 aromatic carbocycles. The van der Waals surface area contributed by atoms with Gasteiger partial charge in [-0.1, -0.05) is 20.8 Å². The zero-order valence-corrected chi connectivity index (χ0v) is 7.24. The zero-order valence-electron chi connectivity index (χ0n) is 6.48. The van der Waals surface area contributed by atoms with Gasteiger partial charge in [-0.2, -0.15) is 5.10 Å². The van der Waals surface area contributed by atoms with Crippen molar-refractivity contribution < 1.29 is 0 Å². The molecule has 1 aliphatic rings. The van der Waals surface area contributed by atoms with E-state index >= 15 is 0 Å². The van der Waals surface area contributed by atoms with Gasteiger partial charge in [-0.15, -0.1) is 0 Å². The summed E-state index contributed by atoms with van der Waals surface area (Å²) in [5, 5.41) is 4.05. The summed E-state index contributed by atoms with van der Waals surface area (Å²) in [6.45, 7) is 6.84. The minimum absolute atomic E-state index is 0.0330. The monoisotopic (exact) mass is 161 g/mol. The smallest absolute Gasteiger partial charge is 0.146 e. The third-order valence-corrected chi connectivity index (χ3v) is 1.57. The number of nitrogens with one attached hydrogen (secondary N) is 1. The summed E-state index contributed by atoms with van der Waals surface area (Å²) in [5.74, 6) is 0.897. The lowest BCUT2D eigenvalue weighted by Gasteiger charge is -2.21. The maximum Gasteiger partial charge on any atom is 0.146 e. The Morgan fingerprint density at radius 3 is 2.40 bits per heavy atom. The van der Waals surface area contributed by atoms with Gasteiger partial charge in [0.25, 0.3) is 0 Å². The quantitative estimate of drug-likeness (QED) is 0.544. The van der Waals surface area contributed by atoms with E-state index in [0.717, 1.165) is 5.84 Å². The van der Waals surface area contributed by atoms with Gasteiger partial charge in [0.1, 0.15) is 12.5 Å². The fourth-order valence-corrected chi connectivity index (χ4v) is 1.18. The Kier molecular flexibility index (Phi) is 1.77.